The van der Waals surface area contributed by atoms with Crippen LogP contribution in [-0.2, 0) is 27.8 Å². The second-order valence-corrected chi connectivity index (χ2v) is 11.9. The number of hydrogen-bond acceptors (Lipinski definition) is 6. The first kappa shape index (κ1) is 31.5. The number of carboxylic acids is 1. The SMILES string of the molecule is Cn1ccc(=O)n(-c2cccc3c(C[C@H](NC(=O)C4(C)CCN([C@H]5CCOC[C@@H]5C(F)(F)F)CC4)C(=O)O)cccc23)c1=O. The molecule has 10 nitrogen and oxygen atoms in total. The van der Waals surface area contributed by atoms with Gasteiger partial charge in [-0.3, -0.25) is 14.5 Å². The van der Waals surface area contributed by atoms with Crippen molar-refractivity contribution in [3.63, 3.8) is 0 Å². The molecule has 3 atom stereocenters. The Labute approximate surface area is 251 Å². The minimum Gasteiger partial charge on any atom is -0.480 e. The molecular formula is C31H35F3N4O6. The number of nitrogens with one attached hydrogen (secondary N) is 1. The number of amides is 1. The molecule has 2 saturated heterocycles. The molecule has 3 aromatic rings. The highest BCUT2D eigenvalue weighted by molar-refractivity contribution is 5.93. The number of fused-ring (bicyclic) bond motifs is 1. The Morgan fingerprint density at radius 3 is 2.45 bits per heavy atom. The molecule has 0 unspecified atom stereocenters. The Bertz CT molecular complexity index is 1680. The van der Waals surface area contributed by atoms with Gasteiger partial charge in [0.25, 0.3) is 5.56 Å². The number of aliphatic carboxylic acids is 1. The first-order valence-electron chi connectivity index (χ1n) is 14.5. The van der Waals surface area contributed by atoms with Crippen molar-refractivity contribution in [1.82, 2.24) is 19.4 Å². The van der Waals surface area contributed by atoms with Gasteiger partial charge in [-0.25, -0.2) is 14.2 Å². The molecular weight excluding hydrogens is 581 g/mol. The van der Waals surface area contributed by atoms with Crippen LogP contribution in [0.5, 0.6) is 0 Å². The lowest BCUT2D eigenvalue weighted by Crippen LogP contribution is -2.57. The third-order valence-corrected chi connectivity index (χ3v) is 9.07. The molecule has 2 fully saturated rings. The number of nitrogens with zero attached hydrogens (tertiary/aromatic N) is 3. The normalized spacial score (nSPS) is 21.6. The van der Waals surface area contributed by atoms with Gasteiger partial charge in [-0.1, -0.05) is 37.3 Å². The van der Waals surface area contributed by atoms with Crippen molar-refractivity contribution in [3.8, 4) is 5.69 Å². The van der Waals surface area contributed by atoms with E-state index in [-0.39, 0.29) is 52.0 Å². The van der Waals surface area contributed by atoms with Crippen LogP contribution in [0.1, 0.15) is 31.7 Å². The number of alkyl halides is 3. The van der Waals surface area contributed by atoms with Gasteiger partial charge in [-0.15, -0.1) is 0 Å². The second kappa shape index (κ2) is 12.2. The average molecular weight is 617 g/mol. The number of ether oxygens (including phenoxy) is 1. The molecule has 2 aliphatic heterocycles. The van der Waals surface area contributed by atoms with Crippen molar-refractivity contribution in [1.29, 1.82) is 0 Å². The van der Waals surface area contributed by atoms with Crippen LogP contribution in [0.3, 0.4) is 0 Å². The van der Waals surface area contributed by atoms with Gasteiger partial charge in [0.05, 0.1) is 18.2 Å². The number of carbonyl (C=O) groups excluding carboxylic acids is 1. The molecule has 0 aliphatic carbocycles. The molecule has 0 radical (unpaired) electrons. The van der Waals surface area contributed by atoms with E-state index in [1.165, 1.54) is 23.9 Å². The van der Waals surface area contributed by atoms with E-state index in [1.54, 1.807) is 48.2 Å². The molecule has 44 heavy (non-hydrogen) atoms. The summed E-state index contributed by atoms with van der Waals surface area (Å²) in [5.41, 5.74) is -1.05. The summed E-state index contributed by atoms with van der Waals surface area (Å²) < 4.78 is 48.3. The van der Waals surface area contributed by atoms with Crippen LogP contribution in [0.4, 0.5) is 13.2 Å². The van der Waals surface area contributed by atoms with Gasteiger partial charge in [0, 0.05) is 49.2 Å². The fourth-order valence-electron chi connectivity index (χ4n) is 6.32. The monoisotopic (exact) mass is 616 g/mol. The van der Waals surface area contributed by atoms with Gasteiger partial charge in [-0.2, -0.15) is 13.2 Å². The smallest absolute Gasteiger partial charge is 0.395 e. The summed E-state index contributed by atoms with van der Waals surface area (Å²) in [6, 6.07) is 9.50. The lowest BCUT2D eigenvalue weighted by molar-refractivity contribution is -0.220. The predicted octanol–water partition coefficient (Wildman–Crippen LogP) is 2.87. The Kier molecular flexibility index (Phi) is 8.72. The summed E-state index contributed by atoms with van der Waals surface area (Å²) in [5.74, 6) is -3.30. The molecule has 1 amide bonds. The van der Waals surface area contributed by atoms with Gasteiger partial charge in [-0.05, 0) is 49.4 Å². The zero-order chi connectivity index (χ0) is 31.8. The van der Waals surface area contributed by atoms with Crippen LogP contribution in [0.25, 0.3) is 16.5 Å². The number of aryl methyl sites for hydroxylation is 1. The Hall–Kier alpha value is -3.97. The van der Waals surface area contributed by atoms with Crippen molar-refractivity contribution in [2.75, 3.05) is 26.3 Å². The maximum Gasteiger partial charge on any atom is 0.395 e. The van der Waals surface area contributed by atoms with Gasteiger partial charge < -0.3 is 19.7 Å². The highest BCUT2D eigenvalue weighted by Gasteiger charge is 2.50. The summed E-state index contributed by atoms with van der Waals surface area (Å²) in [5, 5.41) is 13.9. The van der Waals surface area contributed by atoms with E-state index in [0.29, 0.717) is 22.0 Å². The minimum absolute atomic E-state index is 0.0683. The highest BCUT2D eigenvalue weighted by Crippen LogP contribution is 2.39. The van der Waals surface area contributed by atoms with E-state index in [2.05, 4.69) is 5.32 Å². The maximum atomic E-state index is 13.6. The zero-order valence-corrected chi connectivity index (χ0v) is 24.5. The largest absolute Gasteiger partial charge is 0.480 e. The molecule has 13 heteroatoms. The molecule has 0 saturated carbocycles. The number of carboxylic acid groups (broad SMARTS) is 1. The highest BCUT2D eigenvalue weighted by atomic mass is 19.4. The number of piperidine rings is 1. The Morgan fingerprint density at radius 2 is 1.77 bits per heavy atom. The molecule has 236 valence electrons. The summed E-state index contributed by atoms with van der Waals surface area (Å²) in [4.78, 5) is 53.0. The van der Waals surface area contributed by atoms with Crippen molar-refractivity contribution in [3.05, 3.63) is 75.1 Å². The van der Waals surface area contributed by atoms with Crippen LogP contribution in [0.2, 0.25) is 0 Å². The summed E-state index contributed by atoms with van der Waals surface area (Å²) >= 11 is 0. The topological polar surface area (TPSA) is 123 Å². The number of likely N-dealkylation sites (tertiary alicyclic amines) is 1. The van der Waals surface area contributed by atoms with Crippen LogP contribution >= 0.6 is 0 Å². The quantitative estimate of drug-likeness (QED) is 0.419. The van der Waals surface area contributed by atoms with Crippen molar-refractivity contribution < 1.29 is 32.6 Å². The van der Waals surface area contributed by atoms with Crippen LogP contribution in [-0.4, -0.2) is 75.6 Å². The lowest BCUT2D eigenvalue weighted by atomic mass is 9.78. The van der Waals surface area contributed by atoms with Gasteiger partial charge >= 0.3 is 17.8 Å². The number of rotatable bonds is 7. The Balaban J connectivity index is 1.33. The molecule has 0 bridgehead atoms. The maximum absolute atomic E-state index is 13.6. The van der Waals surface area contributed by atoms with Crippen molar-refractivity contribution >= 4 is 22.6 Å². The van der Waals surface area contributed by atoms with E-state index in [9.17, 15) is 37.5 Å². The molecule has 2 N–H and O–H groups in total. The molecule has 0 spiro atoms. The van der Waals surface area contributed by atoms with E-state index in [0.717, 1.165) is 4.57 Å². The van der Waals surface area contributed by atoms with Crippen LogP contribution < -0.4 is 16.6 Å². The standard InChI is InChI=1S/C31H35F3N4O6/c1-30(11-14-37(15-12-30)25-10-16-44-18-22(25)31(32,33)34)28(42)35-23(27(40)41)17-19-5-3-7-21-20(19)6-4-8-24(21)38-26(39)9-13-36(2)29(38)43/h3-9,13,22-23,25H,10-12,14-18H2,1-2H3,(H,35,42)(H,40,41)/t22-,23-,25-/m0/s1. The fraction of sp³-hybridized carbons (Fsp3) is 0.484. The van der Waals surface area contributed by atoms with E-state index in [4.69, 9.17) is 4.74 Å². The number of carbonyl (C=O) groups is 2. The Morgan fingerprint density at radius 1 is 1.09 bits per heavy atom. The lowest BCUT2D eigenvalue weighted by Gasteiger charge is -2.46. The van der Waals surface area contributed by atoms with Crippen molar-refractivity contribution in [2.45, 2.75) is 50.9 Å². The van der Waals surface area contributed by atoms with Crippen LogP contribution in [0, 0.1) is 11.3 Å². The van der Waals surface area contributed by atoms with Crippen molar-refractivity contribution in [2.24, 2.45) is 18.4 Å². The summed E-state index contributed by atoms with van der Waals surface area (Å²) in [7, 11) is 1.53. The first-order valence-corrected chi connectivity index (χ1v) is 14.5. The number of hydrogen-bond donors (Lipinski definition) is 2. The van der Waals surface area contributed by atoms with Gasteiger partial charge in [0.1, 0.15) is 6.04 Å². The molecule has 5 rings (SSSR count). The number of halogens is 3. The van der Waals surface area contributed by atoms with Crippen LogP contribution in [0.15, 0.2) is 58.3 Å². The molecule has 2 aliphatic rings. The molecule has 1 aromatic heterocycles. The fourth-order valence-corrected chi connectivity index (χ4v) is 6.32. The molecule has 2 aromatic carbocycles. The third-order valence-electron chi connectivity index (χ3n) is 9.07. The zero-order valence-electron chi connectivity index (χ0n) is 24.5. The summed E-state index contributed by atoms with van der Waals surface area (Å²) in [6.07, 6.45) is -2.24. The molecule has 3 heterocycles. The first-order chi connectivity index (χ1) is 20.8. The minimum atomic E-state index is -4.38. The third kappa shape index (κ3) is 6.16. The number of aromatic nitrogens is 2. The van der Waals surface area contributed by atoms with E-state index < -0.39 is 52.7 Å². The van der Waals surface area contributed by atoms with E-state index in [1.807, 2.05) is 0 Å². The predicted molar refractivity (Wildman–Crippen MR) is 156 cm³/mol. The number of benzene rings is 2. The average Bonchev–Trinajstić information content (AvgIpc) is 2.99. The summed E-state index contributed by atoms with van der Waals surface area (Å²) in [6.45, 7) is 2.15. The van der Waals surface area contributed by atoms with E-state index >= 15 is 0 Å². The van der Waals surface area contributed by atoms with Gasteiger partial charge in [0.15, 0.2) is 0 Å². The second-order valence-electron chi connectivity index (χ2n) is 11.9. The van der Waals surface area contributed by atoms with Gasteiger partial charge in [0.2, 0.25) is 5.91 Å².